The van der Waals surface area contributed by atoms with Gasteiger partial charge in [-0.25, -0.2) is 0 Å². The molecule has 1 aliphatic heterocycles. The number of hydrogen-bond acceptors (Lipinski definition) is 5. The smallest absolute Gasteiger partial charge is 0.303 e. The molecule has 1 saturated heterocycles. The van der Waals surface area contributed by atoms with E-state index in [2.05, 4.69) is 29.8 Å². The molecule has 0 aromatic carbocycles. The maximum atomic E-state index is 10.9. The third-order valence-corrected chi connectivity index (χ3v) is 6.11. The maximum Gasteiger partial charge on any atom is 0.303 e. The molecule has 0 unspecified atom stereocenters. The molecule has 28 heavy (non-hydrogen) atoms. The molecule has 1 aromatic rings. The first-order valence-corrected chi connectivity index (χ1v) is 10.5. The average molecular weight is 391 g/mol. The highest BCUT2D eigenvalue weighted by Gasteiger charge is 2.27. The number of carbonyl (C=O) groups is 1. The highest BCUT2D eigenvalue weighted by molar-refractivity contribution is 5.66. The van der Waals surface area contributed by atoms with E-state index in [-0.39, 0.29) is 12.3 Å². The molecule has 1 aromatic heterocycles. The van der Waals surface area contributed by atoms with Crippen LogP contribution in [0.25, 0.3) is 0 Å². The van der Waals surface area contributed by atoms with Crippen molar-refractivity contribution in [2.75, 3.05) is 37.8 Å². The van der Waals surface area contributed by atoms with Gasteiger partial charge in [0, 0.05) is 31.5 Å². The Kier molecular flexibility index (Phi) is 7.16. The second kappa shape index (κ2) is 9.59. The molecule has 0 amide bonds. The molecule has 6 nitrogen and oxygen atoms in total. The first-order valence-electron chi connectivity index (χ1n) is 10.5. The first kappa shape index (κ1) is 20.9. The van der Waals surface area contributed by atoms with Crippen LogP contribution in [0.3, 0.4) is 0 Å². The van der Waals surface area contributed by atoms with E-state index in [1.807, 2.05) is 6.20 Å². The van der Waals surface area contributed by atoms with Gasteiger partial charge in [-0.2, -0.15) is 0 Å². The lowest BCUT2D eigenvalue weighted by molar-refractivity contribution is -0.137. The molecule has 1 N–H and O–H groups in total. The van der Waals surface area contributed by atoms with Crippen molar-refractivity contribution in [3.8, 4) is 5.75 Å². The fraction of sp³-hybridized carbons (Fsp3) is 0.727. The standard InChI is InChI=1S/C22H34N2O4/c1-22(2)7-5-17(6-8-22)16-28-20-11-19(12-23-13-20)24-9-10-27-15-18(14-24)3-4-21(25)26/h11-13,17-18H,3-10,14-16H2,1-2H3,(H,25,26)/t18-/m0/s1. The zero-order valence-corrected chi connectivity index (χ0v) is 17.2. The molecule has 6 heteroatoms. The Morgan fingerprint density at radius 1 is 1.32 bits per heavy atom. The summed E-state index contributed by atoms with van der Waals surface area (Å²) in [7, 11) is 0. The van der Waals surface area contributed by atoms with Crippen LogP contribution in [0.2, 0.25) is 0 Å². The Balaban J connectivity index is 1.55. The topological polar surface area (TPSA) is 71.9 Å². The van der Waals surface area contributed by atoms with Gasteiger partial charge < -0.3 is 19.5 Å². The average Bonchev–Trinajstić information content (AvgIpc) is 2.91. The van der Waals surface area contributed by atoms with E-state index in [0.29, 0.717) is 31.0 Å². The summed E-state index contributed by atoms with van der Waals surface area (Å²) < 4.78 is 11.8. The second-order valence-electron chi connectivity index (χ2n) is 9.12. The van der Waals surface area contributed by atoms with Gasteiger partial charge in [0.05, 0.1) is 37.9 Å². The van der Waals surface area contributed by atoms with Gasteiger partial charge in [0.2, 0.25) is 0 Å². The third kappa shape index (κ3) is 6.36. The number of nitrogens with zero attached hydrogens (tertiary/aromatic N) is 2. The summed E-state index contributed by atoms with van der Waals surface area (Å²) in [5.41, 5.74) is 1.50. The number of carboxylic acids is 1. The number of pyridine rings is 1. The number of aromatic nitrogens is 1. The minimum Gasteiger partial charge on any atom is -0.492 e. The molecular weight excluding hydrogens is 356 g/mol. The molecule has 3 rings (SSSR count). The lowest BCUT2D eigenvalue weighted by atomic mass is 9.73. The number of rotatable bonds is 7. The van der Waals surface area contributed by atoms with E-state index in [0.717, 1.165) is 31.1 Å². The van der Waals surface area contributed by atoms with E-state index < -0.39 is 5.97 Å². The van der Waals surface area contributed by atoms with E-state index >= 15 is 0 Å². The zero-order chi connectivity index (χ0) is 20.0. The van der Waals surface area contributed by atoms with Crippen LogP contribution in [0.1, 0.15) is 52.4 Å². The maximum absolute atomic E-state index is 10.9. The van der Waals surface area contributed by atoms with Gasteiger partial charge in [-0.3, -0.25) is 9.78 Å². The van der Waals surface area contributed by atoms with Crippen molar-refractivity contribution in [2.45, 2.75) is 52.4 Å². The fourth-order valence-electron chi connectivity index (χ4n) is 4.12. The van der Waals surface area contributed by atoms with Gasteiger partial charge in [-0.05, 0) is 43.4 Å². The molecule has 2 aliphatic rings. The molecule has 0 bridgehead atoms. The molecule has 1 aliphatic carbocycles. The molecule has 156 valence electrons. The molecule has 0 radical (unpaired) electrons. The minimum absolute atomic E-state index is 0.182. The monoisotopic (exact) mass is 390 g/mol. The van der Waals surface area contributed by atoms with Crippen molar-refractivity contribution in [1.29, 1.82) is 0 Å². The molecule has 1 saturated carbocycles. The number of carboxylic acid groups (broad SMARTS) is 1. The van der Waals surface area contributed by atoms with Crippen LogP contribution in [0.5, 0.6) is 5.75 Å². The molecule has 1 atom stereocenters. The van der Waals surface area contributed by atoms with Gasteiger partial charge >= 0.3 is 5.97 Å². The second-order valence-corrected chi connectivity index (χ2v) is 9.12. The third-order valence-electron chi connectivity index (χ3n) is 6.11. The normalized spacial score (nSPS) is 23.2. The van der Waals surface area contributed by atoms with Gasteiger partial charge in [0.25, 0.3) is 0 Å². The molecule has 2 heterocycles. The number of anilines is 1. The van der Waals surface area contributed by atoms with Gasteiger partial charge in [0.1, 0.15) is 5.75 Å². The number of aliphatic carboxylic acids is 1. The van der Waals surface area contributed by atoms with Crippen LogP contribution in [-0.4, -0.2) is 49.0 Å². The van der Waals surface area contributed by atoms with Crippen LogP contribution >= 0.6 is 0 Å². The predicted molar refractivity (Wildman–Crippen MR) is 109 cm³/mol. The van der Waals surface area contributed by atoms with Crippen LogP contribution < -0.4 is 9.64 Å². The van der Waals surface area contributed by atoms with Crippen molar-refractivity contribution >= 4 is 11.7 Å². The van der Waals surface area contributed by atoms with Crippen molar-refractivity contribution in [3.05, 3.63) is 18.5 Å². The Bertz CT molecular complexity index is 639. The molecule has 2 fully saturated rings. The van der Waals surface area contributed by atoms with E-state index in [1.54, 1.807) is 6.20 Å². The Hall–Kier alpha value is -1.82. The predicted octanol–water partition coefficient (Wildman–Crippen LogP) is 3.99. The first-order chi connectivity index (χ1) is 13.4. The van der Waals surface area contributed by atoms with Gasteiger partial charge in [-0.15, -0.1) is 0 Å². The SMILES string of the molecule is CC1(C)CCC(COc2cncc(N3CCOC[C@@H](CCC(=O)O)C3)c2)CC1. The lowest BCUT2D eigenvalue weighted by Gasteiger charge is -2.34. The Morgan fingerprint density at radius 3 is 2.86 bits per heavy atom. The largest absolute Gasteiger partial charge is 0.492 e. The van der Waals surface area contributed by atoms with Crippen LogP contribution in [-0.2, 0) is 9.53 Å². The molecule has 0 spiro atoms. The quantitative estimate of drug-likeness (QED) is 0.759. The van der Waals surface area contributed by atoms with Gasteiger partial charge in [0.15, 0.2) is 0 Å². The summed E-state index contributed by atoms with van der Waals surface area (Å²) in [6, 6.07) is 2.05. The lowest BCUT2D eigenvalue weighted by Crippen LogP contribution is -2.30. The summed E-state index contributed by atoms with van der Waals surface area (Å²) >= 11 is 0. The highest BCUT2D eigenvalue weighted by atomic mass is 16.5. The van der Waals surface area contributed by atoms with Crippen molar-refractivity contribution in [1.82, 2.24) is 4.98 Å². The highest BCUT2D eigenvalue weighted by Crippen LogP contribution is 2.38. The summed E-state index contributed by atoms with van der Waals surface area (Å²) in [5, 5.41) is 8.95. The van der Waals surface area contributed by atoms with Crippen LogP contribution in [0, 0.1) is 17.3 Å². The van der Waals surface area contributed by atoms with E-state index in [4.69, 9.17) is 14.6 Å². The van der Waals surface area contributed by atoms with Crippen molar-refractivity contribution in [3.63, 3.8) is 0 Å². The summed E-state index contributed by atoms with van der Waals surface area (Å²) in [6.45, 7) is 8.30. The summed E-state index contributed by atoms with van der Waals surface area (Å²) in [6.07, 6.45) is 9.45. The van der Waals surface area contributed by atoms with Crippen molar-refractivity contribution < 1.29 is 19.4 Å². The van der Waals surface area contributed by atoms with E-state index in [1.165, 1.54) is 25.7 Å². The van der Waals surface area contributed by atoms with Crippen LogP contribution in [0.15, 0.2) is 18.5 Å². The minimum atomic E-state index is -0.751. The fourth-order valence-corrected chi connectivity index (χ4v) is 4.12. The van der Waals surface area contributed by atoms with Crippen molar-refractivity contribution in [2.24, 2.45) is 17.3 Å². The summed E-state index contributed by atoms with van der Waals surface area (Å²) in [4.78, 5) is 17.5. The Morgan fingerprint density at radius 2 is 2.11 bits per heavy atom. The zero-order valence-electron chi connectivity index (χ0n) is 17.2. The molecular formula is C22H34N2O4. The van der Waals surface area contributed by atoms with E-state index in [9.17, 15) is 4.79 Å². The van der Waals surface area contributed by atoms with Gasteiger partial charge in [-0.1, -0.05) is 13.8 Å². The number of hydrogen-bond donors (Lipinski definition) is 1. The number of ether oxygens (including phenoxy) is 2. The summed E-state index contributed by atoms with van der Waals surface area (Å²) in [5.74, 6) is 0.908. The van der Waals surface area contributed by atoms with Crippen LogP contribution in [0.4, 0.5) is 5.69 Å². The Labute approximate surface area is 168 Å².